The van der Waals surface area contributed by atoms with Gasteiger partial charge in [-0.1, -0.05) is 6.07 Å². The summed E-state index contributed by atoms with van der Waals surface area (Å²) in [7, 11) is 1.83. The molecule has 0 radical (unpaired) electrons. The van der Waals surface area contributed by atoms with Crippen molar-refractivity contribution in [1.29, 1.82) is 0 Å². The highest BCUT2D eigenvalue weighted by molar-refractivity contribution is 5.96. The molecule has 7 heteroatoms. The van der Waals surface area contributed by atoms with Crippen molar-refractivity contribution in [3.05, 3.63) is 47.3 Å². The van der Waals surface area contributed by atoms with Crippen molar-refractivity contribution in [3.63, 3.8) is 0 Å². The van der Waals surface area contributed by atoms with Gasteiger partial charge < -0.3 is 14.9 Å². The van der Waals surface area contributed by atoms with Crippen molar-refractivity contribution in [2.75, 3.05) is 26.2 Å². The minimum Gasteiger partial charge on any atom is -0.508 e. The fraction of sp³-hybridized carbons (Fsp3) is 0.421. The van der Waals surface area contributed by atoms with Gasteiger partial charge in [-0.05, 0) is 32.0 Å². The first-order valence-corrected chi connectivity index (χ1v) is 8.74. The minimum absolute atomic E-state index is 0.0502. The molecule has 1 aromatic carbocycles. The van der Waals surface area contributed by atoms with E-state index in [1.54, 1.807) is 45.8 Å². The van der Waals surface area contributed by atoms with Crippen LogP contribution in [0.1, 0.15) is 34.5 Å². The first-order valence-electron chi connectivity index (χ1n) is 8.74. The third-order valence-electron chi connectivity index (χ3n) is 5.09. The summed E-state index contributed by atoms with van der Waals surface area (Å²) in [6.45, 7) is 5.59. The van der Waals surface area contributed by atoms with Crippen LogP contribution in [0.5, 0.6) is 5.75 Å². The van der Waals surface area contributed by atoms with Gasteiger partial charge in [0, 0.05) is 50.6 Å². The summed E-state index contributed by atoms with van der Waals surface area (Å²) in [5, 5.41) is 13.9. The molecule has 2 heterocycles. The Labute approximate surface area is 152 Å². The van der Waals surface area contributed by atoms with Crippen molar-refractivity contribution in [3.8, 4) is 5.75 Å². The van der Waals surface area contributed by atoms with Gasteiger partial charge in [-0.3, -0.25) is 14.3 Å². The number of aromatic nitrogens is 2. The molecule has 26 heavy (non-hydrogen) atoms. The summed E-state index contributed by atoms with van der Waals surface area (Å²) in [6, 6.07) is 6.82. The monoisotopic (exact) mass is 356 g/mol. The van der Waals surface area contributed by atoms with Crippen LogP contribution in [0.25, 0.3) is 0 Å². The van der Waals surface area contributed by atoms with Crippen molar-refractivity contribution in [1.82, 2.24) is 19.6 Å². The number of phenolic OH excluding ortho intramolecular Hbond substituents is 1. The van der Waals surface area contributed by atoms with Crippen LogP contribution in [0.15, 0.2) is 30.5 Å². The Bertz CT molecular complexity index is 822. The highest BCUT2D eigenvalue weighted by Gasteiger charge is 2.29. The predicted octanol–water partition coefficient (Wildman–Crippen LogP) is 1.52. The third kappa shape index (κ3) is 3.29. The van der Waals surface area contributed by atoms with E-state index in [1.807, 2.05) is 20.0 Å². The molecule has 1 N–H and O–H groups in total. The van der Waals surface area contributed by atoms with Crippen LogP contribution in [0.2, 0.25) is 0 Å². The number of hydrogen-bond acceptors (Lipinski definition) is 4. The SMILES string of the molecule is Cc1c(O)cccc1C(=O)N1CCN(C(=O)C(C)c2ccnn2C)CC1. The summed E-state index contributed by atoms with van der Waals surface area (Å²) < 4.78 is 1.72. The van der Waals surface area contributed by atoms with E-state index < -0.39 is 0 Å². The van der Waals surface area contributed by atoms with Crippen LogP contribution in [0, 0.1) is 6.92 Å². The molecule has 1 aromatic heterocycles. The van der Waals surface area contributed by atoms with Crippen molar-refractivity contribution < 1.29 is 14.7 Å². The molecule has 1 unspecified atom stereocenters. The lowest BCUT2D eigenvalue weighted by Crippen LogP contribution is -2.51. The average molecular weight is 356 g/mol. The lowest BCUT2D eigenvalue weighted by Gasteiger charge is -2.36. The third-order valence-corrected chi connectivity index (χ3v) is 5.09. The van der Waals surface area contributed by atoms with Gasteiger partial charge in [0.1, 0.15) is 5.75 Å². The summed E-state index contributed by atoms with van der Waals surface area (Å²) in [5.74, 6) is -0.202. The number of rotatable bonds is 3. The second-order valence-electron chi connectivity index (χ2n) is 6.67. The first-order chi connectivity index (χ1) is 12.4. The molecule has 0 saturated carbocycles. The zero-order valence-corrected chi connectivity index (χ0v) is 15.3. The lowest BCUT2D eigenvalue weighted by atomic mass is 10.0. The topological polar surface area (TPSA) is 78.7 Å². The molecule has 1 aliphatic rings. The van der Waals surface area contributed by atoms with E-state index in [9.17, 15) is 14.7 Å². The fourth-order valence-electron chi connectivity index (χ4n) is 3.36. The smallest absolute Gasteiger partial charge is 0.254 e. The van der Waals surface area contributed by atoms with Crippen LogP contribution in [0.4, 0.5) is 0 Å². The van der Waals surface area contributed by atoms with Gasteiger partial charge in [-0.15, -0.1) is 0 Å². The van der Waals surface area contributed by atoms with Gasteiger partial charge in [-0.2, -0.15) is 5.10 Å². The van der Waals surface area contributed by atoms with E-state index in [2.05, 4.69) is 5.10 Å². The van der Waals surface area contributed by atoms with E-state index in [-0.39, 0.29) is 23.5 Å². The number of amides is 2. The number of piperazine rings is 1. The Morgan fingerprint density at radius 1 is 1.12 bits per heavy atom. The number of hydrogen-bond donors (Lipinski definition) is 1. The number of aryl methyl sites for hydroxylation is 1. The molecule has 0 bridgehead atoms. The first kappa shape index (κ1) is 18.0. The summed E-state index contributed by atoms with van der Waals surface area (Å²) in [5.41, 5.74) is 1.97. The second-order valence-corrected chi connectivity index (χ2v) is 6.67. The molecule has 1 aliphatic heterocycles. The van der Waals surface area contributed by atoms with Gasteiger partial charge in [0.2, 0.25) is 5.91 Å². The standard InChI is InChI=1S/C19H24N4O3/c1-13-15(5-4-6-17(13)24)19(26)23-11-9-22(10-12-23)18(25)14(2)16-7-8-20-21(16)3/h4-8,14,24H,9-12H2,1-3H3. The van der Waals surface area contributed by atoms with Crippen LogP contribution < -0.4 is 0 Å². The maximum atomic E-state index is 12.7. The molecule has 3 rings (SSSR count). The molecule has 2 aromatic rings. The Morgan fingerprint density at radius 2 is 1.77 bits per heavy atom. The van der Waals surface area contributed by atoms with Gasteiger partial charge >= 0.3 is 0 Å². The van der Waals surface area contributed by atoms with E-state index in [4.69, 9.17) is 0 Å². The molecule has 1 saturated heterocycles. The molecule has 7 nitrogen and oxygen atoms in total. The Balaban J connectivity index is 1.64. The van der Waals surface area contributed by atoms with Crippen molar-refractivity contribution in [2.24, 2.45) is 7.05 Å². The Kier molecular flexibility index (Phi) is 4.97. The highest BCUT2D eigenvalue weighted by atomic mass is 16.3. The van der Waals surface area contributed by atoms with Gasteiger partial charge in [0.15, 0.2) is 0 Å². The molecule has 138 valence electrons. The molecule has 2 amide bonds. The normalized spacial score (nSPS) is 15.8. The summed E-state index contributed by atoms with van der Waals surface area (Å²) in [4.78, 5) is 29.0. The number of carbonyl (C=O) groups excluding carboxylic acids is 2. The van der Waals surface area contributed by atoms with Crippen molar-refractivity contribution >= 4 is 11.8 Å². The van der Waals surface area contributed by atoms with Crippen LogP contribution >= 0.6 is 0 Å². The fourth-order valence-corrected chi connectivity index (χ4v) is 3.36. The maximum Gasteiger partial charge on any atom is 0.254 e. The quantitative estimate of drug-likeness (QED) is 0.904. The predicted molar refractivity (Wildman–Crippen MR) is 97.0 cm³/mol. The van der Waals surface area contributed by atoms with Crippen LogP contribution in [-0.4, -0.2) is 62.7 Å². The lowest BCUT2D eigenvalue weighted by molar-refractivity contribution is -0.134. The summed E-state index contributed by atoms with van der Waals surface area (Å²) in [6.07, 6.45) is 1.69. The zero-order chi connectivity index (χ0) is 18.8. The van der Waals surface area contributed by atoms with E-state index in [1.165, 1.54) is 0 Å². The largest absolute Gasteiger partial charge is 0.508 e. The number of nitrogens with zero attached hydrogens (tertiary/aromatic N) is 4. The number of aromatic hydroxyl groups is 1. The van der Waals surface area contributed by atoms with Crippen molar-refractivity contribution in [2.45, 2.75) is 19.8 Å². The molecule has 1 atom stereocenters. The Morgan fingerprint density at radius 3 is 2.38 bits per heavy atom. The molecular formula is C19H24N4O3. The number of benzene rings is 1. The second kappa shape index (κ2) is 7.19. The van der Waals surface area contributed by atoms with Gasteiger partial charge in [0.25, 0.3) is 5.91 Å². The van der Waals surface area contributed by atoms with Gasteiger partial charge in [-0.25, -0.2) is 0 Å². The minimum atomic E-state index is -0.266. The summed E-state index contributed by atoms with van der Waals surface area (Å²) >= 11 is 0. The maximum absolute atomic E-state index is 12.7. The van der Waals surface area contributed by atoms with E-state index in [0.717, 1.165) is 5.69 Å². The molecular weight excluding hydrogens is 332 g/mol. The molecule has 1 fully saturated rings. The van der Waals surface area contributed by atoms with E-state index >= 15 is 0 Å². The highest BCUT2D eigenvalue weighted by Crippen LogP contribution is 2.22. The van der Waals surface area contributed by atoms with Gasteiger partial charge in [0.05, 0.1) is 11.6 Å². The Hall–Kier alpha value is -2.83. The zero-order valence-electron chi connectivity index (χ0n) is 15.3. The van der Waals surface area contributed by atoms with Crippen LogP contribution in [-0.2, 0) is 11.8 Å². The number of phenols is 1. The average Bonchev–Trinajstić information content (AvgIpc) is 3.08. The molecule has 0 spiro atoms. The van der Waals surface area contributed by atoms with E-state index in [0.29, 0.717) is 37.3 Å². The van der Waals surface area contributed by atoms with Crippen LogP contribution in [0.3, 0.4) is 0 Å². The molecule has 0 aliphatic carbocycles. The number of carbonyl (C=O) groups is 2.